The van der Waals surface area contributed by atoms with Crippen molar-refractivity contribution in [2.75, 3.05) is 24.7 Å². The fraction of sp³-hybridized carbons (Fsp3) is 0.400. The summed E-state index contributed by atoms with van der Waals surface area (Å²) in [7, 11) is 0. The van der Waals surface area contributed by atoms with E-state index in [2.05, 4.69) is 20.7 Å². The van der Waals surface area contributed by atoms with Crippen LogP contribution < -0.4 is 5.73 Å². The summed E-state index contributed by atoms with van der Waals surface area (Å²) >= 11 is 4.66. The molecule has 1 aromatic carbocycles. The molecule has 0 saturated carbocycles. The zero-order valence-corrected chi connectivity index (χ0v) is 11.2. The van der Waals surface area contributed by atoms with E-state index in [1.54, 1.807) is 12.1 Å². The molecular weight excluding hydrogens is 319 g/mol. The number of benzene rings is 1. The largest absolute Gasteiger partial charge is 0.411 e. The number of hydrogen-bond donors (Lipinski definition) is 1. The van der Waals surface area contributed by atoms with Gasteiger partial charge in [-0.15, -0.1) is 11.8 Å². The van der Waals surface area contributed by atoms with Gasteiger partial charge in [0.1, 0.15) is 6.61 Å². The van der Waals surface area contributed by atoms with Gasteiger partial charge >= 0.3 is 6.18 Å². The molecule has 0 spiro atoms. The molecule has 0 aliphatic heterocycles. The maximum absolute atomic E-state index is 11.8. The molecule has 0 radical (unpaired) electrons. The summed E-state index contributed by atoms with van der Waals surface area (Å²) in [5.41, 5.74) is 6.32. The number of nitrogens with two attached hydrogens (primary N) is 1. The maximum atomic E-state index is 11.8. The second kappa shape index (κ2) is 6.51. The van der Waals surface area contributed by atoms with E-state index in [9.17, 15) is 13.2 Å². The summed E-state index contributed by atoms with van der Waals surface area (Å²) in [6.07, 6.45) is -4.26. The normalized spacial score (nSPS) is 11.8. The van der Waals surface area contributed by atoms with Crippen molar-refractivity contribution in [3.05, 3.63) is 22.7 Å². The highest BCUT2D eigenvalue weighted by atomic mass is 79.9. The standard InChI is InChI=1S/C10H11BrF3NOS/c11-7-1-2-8(15)9(5-7)17-4-3-16-6-10(12,13)14/h1-2,5H,3-4,6,15H2. The molecule has 0 saturated heterocycles. The molecule has 0 amide bonds. The summed E-state index contributed by atoms with van der Waals surface area (Å²) in [5.74, 6) is 0.427. The molecule has 2 nitrogen and oxygen atoms in total. The van der Waals surface area contributed by atoms with Crippen molar-refractivity contribution in [3.8, 4) is 0 Å². The second-order valence-electron chi connectivity index (χ2n) is 3.20. The van der Waals surface area contributed by atoms with Crippen molar-refractivity contribution in [2.45, 2.75) is 11.1 Å². The number of thioether (sulfide) groups is 1. The van der Waals surface area contributed by atoms with Gasteiger partial charge in [-0.2, -0.15) is 13.2 Å². The Bertz CT molecular complexity index is 373. The molecule has 0 unspecified atom stereocenters. The van der Waals surface area contributed by atoms with Crippen molar-refractivity contribution < 1.29 is 17.9 Å². The highest BCUT2D eigenvalue weighted by Gasteiger charge is 2.27. The summed E-state index contributed by atoms with van der Waals surface area (Å²) in [6, 6.07) is 5.37. The first-order valence-electron chi connectivity index (χ1n) is 4.71. The smallest absolute Gasteiger partial charge is 0.398 e. The van der Waals surface area contributed by atoms with E-state index in [0.29, 0.717) is 11.4 Å². The van der Waals surface area contributed by atoms with Crippen LogP contribution in [0.4, 0.5) is 18.9 Å². The first kappa shape index (κ1) is 14.7. The summed E-state index contributed by atoms with van der Waals surface area (Å²) < 4.78 is 40.7. The zero-order chi connectivity index (χ0) is 12.9. The van der Waals surface area contributed by atoms with Gasteiger partial charge in [0.05, 0.1) is 6.61 Å². The van der Waals surface area contributed by atoms with Gasteiger partial charge in [-0.05, 0) is 18.2 Å². The average Bonchev–Trinajstić information content (AvgIpc) is 2.21. The molecule has 0 bridgehead atoms. The Morgan fingerprint density at radius 3 is 2.71 bits per heavy atom. The first-order chi connectivity index (χ1) is 7.88. The molecule has 0 atom stereocenters. The van der Waals surface area contributed by atoms with Crippen LogP contribution in [0.1, 0.15) is 0 Å². The lowest BCUT2D eigenvalue weighted by atomic mass is 10.3. The van der Waals surface area contributed by atoms with Crippen LogP contribution in [0, 0.1) is 0 Å². The highest BCUT2D eigenvalue weighted by molar-refractivity contribution is 9.10. The first-order valence-corrected chi connectivity index (χ1v) is 6.48. The monoisotopic (exact) mass is 329 g/mol. The summed E-state index contributed by atoms with van der Waals surface area (Å²) in [5, 5.41) is 0. The van der Waals surface area contributed by atoms with E-state index >= 15 is 0 Å². The number of nitrogen functional groups attached to an aromatic ring is 1. The quantitative estimate of drug-likeness (QED) is 0.508. The van der Waals surface area contributed by atoms with Gasteiger partial charge in [-0.25, -0.2) is 0 Å². The number of rotatable bonds is 5. The minimum atomic E-state index is -4.26. The van der Waals surface area contributed by atoms with Gasteiger partial charge < -0.3 is 10.5 Å². The van der Waals surface area contributed by atoms with Gasteiger partial charge in [0, 0.05) is 20.8 Å². The van der Waals surface area contributed by atoms with Gasteiger partial charge in [-0.3, -0.25) is 0 Å². The molecule has 1 rings (SSSR count). The van der Waals surface area contributed by atoms with Crippen molar-refractivity contribution in [3.63, 3.8) is 0 Å². The topological polar surface area (TPSA) is 35.2 Å². The molecule has 1 aromatic rings. The number of alkyl halides is 3. The molecule has 2 N–H and O–H groups in total. The third-order valence-electron chi connectivity index (χ3n) is 1.73. The van der Waals surface area contributed by atoms with Crippen molar-refractivity contribution in [1.29, 1.82) is 0 Å². The Hall–Kier alpha value is -0.400. The zero-order valence-electron chi connectivity index (χ0n) is 8.76. The van der Waals surface area contributed by atoms with Crippen molar-refractivity contribution >= 4 is 33.4 Å². The van der Waals surface area contributed by atoms with Crippen LogP contribution in [0.5, 0.6) is 0 Å². The minimum Gasteiger partial charge on any atom is -0.398 e. The lowest BCUT2D eigenvalue weighted by Crippen LogP contribution is -2.17. The molecular formula is C10H11BrF3NOS. The predicted molar refractivity (Wildman–Crippen MR) is 66.2 cm³/mol. The average molecular weight is 330 g/mol. The Kier molecular flexibility index (Phi) is 5.61. The Balaban J connectivity index is 2.29. The third kappa shape index (κ3) is 6.18. The van der Waals surface area contributed by atoms with Crippen LogP contribution in [-0.4, -0.2) is 25.1 Å². The molecule has 0 aliphatic carbocycles. The van der Waals surface area contributed by atoms with Crippen LogP contribution in [0.15, 0.2) is 27.6 Å². The minimum absolute atomic E-state index is 0.0378. The second-order valence-corrected chi connectivity index (χ2v) is 5.25. The highest BCUT2D eigenvalue weighted by Crippen LogP contribution is 2.28. The Morgan fingerprint density at radius 2 is 2.06 bits per heavy atom. The molecule has 0 aromatic heterocycles. The number of anilines is 1. The van der Waals surface area contributed by atoms with E-state index in [1.807, 2.05) is 6.07 Å². The molecule has 7 heteroatoms. The Morgan fingerprint density at radius 1 is 1.35 bits per heavy atom. The lowest BCUT2D eigenvalue weighted by molar-refractivity contribution is -0.172. The van der Waals surface area contributed by atoms with Crippen LogP contribution in [-0.2, 0) is 4.74 Å². The summed E-state index contributed by atoms with van der Waals surface area (Å²) in [4.78, 5) is 0.829. The Labute approximate surface area is 110 Å². The fourth-order valence-electron chi connectivity index (χ4n) is 1.03. The van der Waals surface area contributed by atoms with E-state index < -0.39 is 12.8 Å². The van der Waals surface area contributed by atoms with E-state index in [1.165, 1.54) is 11.8 Å². The van der Waals surface area contributed by atoms with E-state index in [-0.39, 0.29) is 6.61 Å². The van der Waals surface area contributed by atoms with Gasteiger partial charge in [-0.1, -0.05) is 15.9 Å². The van der Waals surface area contributed by atoms with Crippen molar-refractivity contribution in [2.24, 2.45) is 0 Å². The number of halogens is 4. The molecule has 96 valence electrons. The van der Waals surface area contributed by atoms with Crippen LogP contribution in [0.25, 0.3) is 0 Å². The SMILES string of the molecule is Nc1ccc(Br)cc1SCCOCC(F)(F)F. The van der Waals surface area contributed by atoms with E-state index in [0.717, 1.165) is 9.37 Å². The van der Waals surface area contributed by atoms with E-state index in [4.69, 9.17) is 5.73 Å². The molecule has 0 aliphatic rings. The van der Waals surface area contributed by atoms with Gasteiger partial charge in [0.2, 0.25) is 0 Å². The molecule has 0 heterocycles. The van der Waals surface area contributed by atoms with Gasteiger partial charge in [0.15, 0.2) is 0 Å². The van der Waals surface area contributed by atoms with Crippen LogP contribution >= 0.6 is 27.7 Å². The third-order valence-corrected chi connectivity index (χ3v) is 3.26. The predicted octanol–water partition coefficient (Wildman–Crippen LogP) is 3.70. The molecule has 17 heavy (non-hydrogen) atoms. The van der Waals surface area contributed by atoms with Crippen LogP contribution in [0.2, 0.25) is 0 Å². The summed E-state index contributed by atoms with van der Waals surface area (Å²) in [6.45, 7) is -1.17. The van der Waals surface area contributed by atoms with Crippen molar-refractivity contribution in [1.82, 2.24) is 0 Å². The van der Waals surface area contributed by atoms with Gasteiger partial charge in [0.25, 0.3) is 0 Å². The maximum Gasteiger partial charge on any atom is 0.411 e. The number of hydrogen-bond acceptors (Lipinski definition) is 3. The van der Waals surface area contributed by atoms with Crippen LogP contribution in [0.3, 0.4) is 0 Å². The molecule has 0 fully saturated rings. The lowest BCUT2D eigenvalue weighted by Gasteiger charge is -2.08. The number of ether oxygens (including phenoxy) is 1. The fourth-order valence-corrected chi connectivity index (χ4v) is 2.41.